The Morgan fingerprint density at radius 1 is 1.38 bits per heavy atom. The van der Waals surface area contributed by atoms with E-state index in [1.165, 1.54) is 12.1 Å². The van der Waals surface area contributed by atoms with Crippen LogP contribution in [0, 0.1) is 17.7 Å². The summed E-state index contributed by atoms with van der Waals surface area (Å²) in [7, 11) is 1.76. The number of carbonyl (C=O) groups is 1. The summed E-state index contributed by atoms with van der Waals surface area (Å²) in [6.45, 7) is 4.75. The zero-order valence-electron chi connectivity index (χ0n) is 12.6. The van der Waals surface area contributed by atoms with Crippen LogP contribution in [0.5, 0.6) is 0 Å². The minimum Gasteiger partial charge on any atom is -0.396 e. The summed E-state index contributed by atoms with van der Waals surface area (Å²) in [6.07, 6.45) is 0. The fraction of sp³-hybridized carbons (Fsp3) is 0.562. The van der Waals surface area contributed by atoms with Gasteiger partial charge in [-0.2, -0.15) is 0 Å². The zero-order valence-corrected chi connectivity index (χ0v) is 12.6. The van der Waals surface area contributed by atoms with E-state index in [4.69, 9.17) is 0 Å². The van der Waals surface area contributed by atoms with Crippen LogP contribution in [0.2, 0.25) is 0 Å². The van der Waals surface area contributed by atoms with Crippen molar-refractivity contribution in [1.82, 2.24) is 9.80 Å². The van der Waals surface area contributed by atoms with E-state index in [1.807, 2.05) is 0 Å². The molecular formula is C16H23FN2O2. The number of carbonyl (C=O) groups excluding carboxylic acids is 1. The molecule has 1 heterocycles. The van der Waals surface area contributed by atoms with E-state index in [0.29, 0.717) is 19.0 Å². The molecule has 2 atom stereocenters. The molecule has 1 aromatic rings. The Labute approximate surface area is 125 Å². The maximum Gasteiger partial charge on any atom is 0.236 e. The zero-order chi connectivity index (χ0) is 15.4. The van der Waals surface area contributed by atoms with Crippen molar-refractivity contribution in [3.05, 3.63) is 35.6 Å². The van der Waals surface area contributed by atoms with E-state index < -0.39 is 0 Å². The van der Waals surface area contributed by atoms with Crippen molar-refractivity contribution in [2.24, 2.45) is 11.8 Å². The summed E-state index contributed by atoms with van der Waals surface area (Å²) in [4.78, 5) is 16.0. The molecule has 0 unspecified atom stereocenters. The molecule has 4 nitrogen and oxygen atoms in total. The molecule has 116 valence electrons. The molecule has 1 fully saturated rings. The smallest absolute Gasteiger partial charge is 0.236 e. The Kier molecular flexibility index (Phi) is 5.31. The van der Waals surface area contributed by atoms with Gasteiger partial charge in [0.25, 0.3) is 0 Å². The average Bonchev–Trinajstić information content (AvgIpc) is 2.81. The lowest BCUT2D eigenvalue weighted by Crippen LogP contribution is -2.37. The van der Waals surface area contributed by atoms with Crippen LogP contribution in [0.25, 0.3) is 0 Å². The third kappa shape index (κ3) is 4.25. The molecule has 0 spiro atoms. The van der Waals surface area contributed by atoms with Crippen molar-refractivity contribution in [2.45, 2.75) is 13.5 Å². The van der Waals surface area contributed by atoms with Crippen LogP contribution in [0.1, 0.15) is 12.5 Å². The molecule has 21 heavy (non-hydrogen) atoms. The molecule has 5 heteroatoms. The van der Waals surface area contributed by atoms with Gasteiger partial charge in [0, 0.05) is 33.3 Å². The van der Waals surface area contributed by atoms with Crippen molar-refractivity contribution in [1.29, 1.82) is 0 Å². The van der Waals surface area contributed by atoms with Crippen molar-refractivity contribution in [3.8, 4) is 0 Å². The number of amides is 1. The largest absolute Gasteiger partial charge is 0.396 e. The van der Waals surface area contributed by atoms with E-state index in [2.05, 4.69) is 11.8 Å². The fourth-order valence-corrected chi connectivity index (χ4v) is 2.77. The predicted molar refractivity (Wildman–Crippen MR) is 79.1 cm³/mol. The van der Waals surface area contributed by atoms with Gasteiger partial charge in [0.15, 0.2) is 0 Å². The normalized spacial score (nSPS) is 22.5. The number of likely N-dealkylation sites (tertiary alicyclic amines) is 1. The molecular weight excluding hydrogens is 271 g/mol. The van der Waals surface area contributed by atoms with Gasteiger partial charge < -0.3 is 10.0 Å². The Hall–Kier alpha value is -1.46. The van der Waals surface area contributed by atoms with Gasteiger partial charge in [0.1, 0.15) is 5.82 Å². The summed E-state index contributed by atoms with van der Waals surface area (Å²) in [5, 5.41) is 9.26. The number of benzene rings is 1. The maximum atomic E-state index is 12.9. The molecule has 0 radical (unpaired) electrons. The number of rotatable bonds is 5. The van der Waals surface area contributed by atoms with Gasteiger partial charge in [-0.05, 0) is 29.5 Å². The number of aliphatic hydroxyl groups is 1. The Morgan fingerprint density at radius 3 is 2.62 bits per heavy atom. The summed E-state index contributed by atoms with van der Waals surface area (Å²) in [5.41, 5.74) is 0.912. The molecule has 1 amide bonds. The predicted octanol–water partition coefficient (Wildman–Crippen LogP) is 1.34. The van der Waals surface area contributed by atoms with Crippen molar-refractivity contribution in [2.75, 3.05) is 33.3 Å². The Morgan fingerprint density at radius 2 is 2.05 bits per heavy atom. The molecule has 0 aromatic heterocycles. The summed E-state index contributed by atoms with van der Waals surface area (Å²) < 4.78 is 12.9. The monoisotopic (exact) mass is 294 g/mol. The van der Waals surface area contributed by atoms with Crippen LogP contribution < -0.4 is 0 Å². The van der Waals surface area contributed by atoms with E-state index in [1.54, 1.807) is 24.1 Å². The van der Waals surface area contributed by atoms with Crippen LogP contribution in [-0.4, -0.2) is 54.1 Å². The minimum atomic E-state index is -0.270. The van der Waals surface area contributed by atoms with E-state index in [9.17, 15) is 14.3 Å². The maximum absolute atomic E-state index is 12.9. The van der Waals surface area contributed by atoms with Gasteiger partial charge in [-0.3, -0.25) is 9.69 Å². The van der Waals surface area contributed by atoms with Crippen LogP contribution in [0.4, 0.5) is 4.39 Å². The molecule has 0 bridgehead atoms. The molecule has 0 aliphatic carbocycles. The van der Waals surface area contributed by atoms with Crippen LogP contribution in [0.3, 0.4) is 0 Å². The van der Waals surface area contributed by atoms with Crippen molar-refractivity contribution >= 4 is 5.91 Å². The molecule has 2 rings (SSSR count). The van der Waals surface area contributed by atoms with Gasteiger partial charge in [-0.1, -0.05) is 19.1 Å². The second-order valence-electron chi connectivity index (χ2n) is 5.99. The Balaban J connectivity index is 1.84. The highest BCUT2D eigenvalue weighted by atomic mass is 19.1. The third-order valence-electron chi connectivity index (χ3n) is 4.20. The number of halogens is 1. The number of nitrogens with zero attached hydrogens (tertiary/aromatic N) is 2. The molecule has 1 N–H and O–H groups in total. The first-order chi connectivity index (χ1) is 9.99. The lowest BCUT2D eigenvalue weighted by atomic mass is 10.00. The topological polar surface area (TPSA) is 43.8 Å². The fourth-order valence-electron chi connectivity index (χ4n) is 2.77. The first-order valence-electron chi connectivity index (χ1n) is 7.31. The van der Waals surface area contributed by atoms with Gasteiger partial charge in [-0.25, -0.2) is 4.39 Å². The summed E-state index contributed by atoms with van der Waals surface area (Å²) in [5.74, 6) is 0.462. The lowest BCUT2D eigenvalue weighted by Gasteiger charge is -2.21. The van der Waals surface area contributed by atoms with E-state index in [0.717, 1.165) is 18.7 Å². The van der Waals surface area contributed by atoms with E-state index >= 15 is 0 Å². The molecule has 1 aromatic carbocycles. The van der Waals surface area contributed by atoms with Gasteiger partial charge in [-0.15, -0.1) is 0 Å². The standard InChI is InChI=1S/C16H23FN2O2/c1-12-7-19(9-14(12)11-20)10-16(21)18(2)8-13-3-5-15(17)6-4-13/h3-6,12,14,20H,7-11H2,1-2H3/t12-,14+/m1/s1. The number of aliphatic hydroxyl groups excluding tert-OH is 1. The van der Waals surface area contributed by atoms with Crippen LogP contribution in [0.15, 0.2) is 24.3 Å². The Bertz CT molecular complexity index is 478. The molecule has 1 aliphatic heterocycles. The summed E-state index contributed by atoms with van der Waals surface area (Å²) in [6, 6.07) is 6.20. The number of hydrogen-bond acceptors (Lipinski definition) is 3. The molecule has 0 saturated carbocycles. The highest BCUT2D eigenvalue weighted by molar-refractivity contribution is 5.78. The molecule has 1 saturated heterocycles. The second kappa shape index (κ2) is 7.00. The second-order valence-corrected chi connectivity index (χ2v) is 5.99. The van der Waals surface area contributed by atoms with E-state index in [-0.39, 0.29) is 24.2 Å². The third-order valence-corrected chi connectivity index (χ3v) is 4.20. The van der Waals surface area contributed by atoms with Gasteiger partial charge >= 0.3 is 0 Å². The van der Waals surface area contributed by atoms with Crippen LogP contribution >= 0.6 is 0 Å². The highest BCUT2D eigenvalue weighted by Crippen LogP contribution is 2.22. The van der Waals surface area contributed by atoms with Crippen LogP contribution in [-0.2, 0) is 11.3 Å². The highest BCUT2D eigenvalue weighted by Gasteiger charge is 2.30. The van der Waals surface area contributed by atoms with Gasteiger partial charge in [0.2, 0.25) is 5.91 Å². The lowest BCUT2D eigenvalue weighted by molar-refractivity contribution is -0.131. The number of likely N-dealkylation sites (N-methyl/N-ethyl adjacent to an activating group) is 1. The number of hydrogen-bond donors (Lipinski definition) is 1. The summed E-state index contributed by atoms with van der Waals surface area (Å²) >= 11 is 0. The first kappa shape index (κ1) is 15.9. The first-order valence-corrected chi connectivity index (χ1v) is 7.31. The quantitative estimate of drug-likeness (QED) is 0.891. The molecule has 1 aliphatic rings. The van der Waals surface area contributed by atoms with Crippen molar-refractivity contribution < 1.29 is 14.3 Å². The minimum absolute atomic E-state index is 0.0464. The SMILES string of the molecule is C[C@@H]1CN(CC(=O)N(C)Cc2ccc(F)cc2)C[C@H]1CO. The van der Waals surface area contributed by atoms with Gasteiger partial charge in [0.05, 0.1) is 6.54 Å². The van der Waals surface area contributed by atoms with Crippen molar-refractivity contribution in [3.63, 3.8) is 0 Å². The average molecular weight is 294 g/mol.